The van der Waals surface area contributed by atoms with Gasteiger partial charge in [-0.1, -0.05) is 277 Å². The summed E-state index contributed by atoms with van der Waals surface area (Å²) in [6, 6.07) is 111. The van der Waals surface area contributed by atoms with Crippen molar-refractivity contribution >= 4 is 17.1 Å². The number of fused-ring (bicyclic) bond motifs is 6. The highest BCUT2D eigenvalue weighted by atomic mass is 16.5. The van der Waals surface area contributed by atoms with Crippen molar-refractivity contribution in [2.45, 2.75) is 82.5 Å². The van der Waals surface area contributed by atoms with Crippen LogP contribution < -0.4 is 9.64 Å². The van der Waals surface area contributed by atoms with E-state index < -0.39 is 10.8 Å². The predicted octanol–water partition coefficient (Wildman–Crippen LogP) is 22.6. The van der Waals surface area contributed by atoms with Gasteiger partial charge in [0.25, 0.3) is 0 Å². The highest BCUT2D eigenvalue weighted by molar-refractivity contribution is 5.92. The lowest BCUT2D eigenvalue weighted by Gasteiger charge is -2.36. The Morgan fingerprint density at radius 1 is 0.379 bits per heavy atom. The van der Waals surface area contributed by atoms with Gasteiger partial charge in [0.2, 0.25) is 0 Å². The Balaban J connectivity index is 0.839. The van der Waals surface area contributed by atoms with Crippen molar-refractivity contribution < 1.29 is 4.74 Å². The lowest BCUT2D eigenvalue weighted by molar-refractivity contribution is 0.481. The molecule has 0 radical (unpaired) electrons. The highest BCUT2D eigenvalue weighted by Gasteiger charge is 2.48. The van der Waals surface area contributed by atoms with Crippen molar-refractivity contribution in [3.63, 3.8) is 0 Å². The van der Waals surface area contributed by atoms with Crippen LogP contribution in [0.25, 0.3) is 33.4 Å². The molecular weight excluding hydrogens is 1050 g/mol. The van der Waals surface area contributed by atoms with E-state index in [1.165, 1.54) is 100 Å². The molecule has 0 aliphatic heterocycles. The first-order chi connectivity index (χ1) is 42.5. The second kappa shape index (κ2) is 22.6. The van der Waals surface area contributed by atoms with Gasteiger partial charge in [0.05, 0.1) is 10.8 Å². The molecule has 0 fully saturated rings. The second-order valence-electron chi connectivity index (χ2n) is 25.2. The normalized spacial score (nSPS) is 15.1. The molecule has 12 aromatic rings. The predicted molar refractivity (Wildman–Crippen MR) is 364 cm³/mol. The van der Waals surface area contributed by atoms with Gasteiger partial charge < -0.3 is 9.64 Å². The molecule has 0 spiro atoms. The average molecular weight is 1120 g/mol. The van der Waals surface area contributed by atoms with Crippen LogP contribution in [0, 0.1) is 6.92 Å². The summed E-state index contributed by atoms with van der Waals surface area (Å²) in [5.41, 5.74) is 24.8. The van der Waals surface area contributed by atoms with Crippen molar-refractivity contribution in [2.75, 3.05) is 4.90 Å². The molecule has 2 nitrogen and oxygen atoms in total. The van der Waals surface area contributed by atoms with Crippen LogP contribution in [0.15, 0.2) is 297 Å². The minimum absolute atomic E-state index is 0.0150. The van der Waals surface area contributed by atoms with Crippen molar-refractivity contribution in [3.05, 3.63) is 364 Å². The fourth-order valence-electron chi connectivity index (χ4n) is 14.7. The molecule has 2 heteroatoms. The maximum Gasteiger partial charge on any atom is 0.127 e. The summed E-state index contributed by atoms with van der Waals surface area (Å²) in [6.07, 6.45) is 2.17. The molecule has 0 bridgehead atoms. The van der Waals surface area contributed by atoms with E-state index in [-0.39, 0.29) is 5.41 Å². The number of hydrogen-bond donors (Lipinski definition) is 0. The van der Waals surface area contributed by atoms with Crippen molar-refractivity contribution in [2.24, 2.45) is 0 Å². The van der Waals surface area contributed by atoms with Crippen molar-refractivity contribution in [1.82, 2.24) is 0 Å². The van der Waals surface area contributed by atoms with Crippen LogP contribution in [0.2, 0.25) is 0 Å². The number of rotatable bonds is 15. The number of anilines is 3. The number of hydrogen-bond acceptors (Lipinski definition) is 2. The minimum atomic E-state index is -0.675. The fraction of sp³-hybridized carbons (Fsp3) is 0.153. The molecule has 0 N–H and O–H groups in total. The van der Waals surface area contributed by atoms with Crippen molar-refractivity contribution in [1.29, 1.82) is 0 Å². The number of nitrogens with zero attached hydrogens (tertiary/aromatic N) is 1. The Morgan fingerprint density at radius 3 is 1.33 bits per heavy atom. The van der Waals surface area contributed by atoms with E-state index in [1.54, 1.807) is 0 Å². The Hall–Kier alpha value is -9.76. The van der Waals surface area contributed by atoms with E-state index in [4.69, 9.17) is 4.74 Å². The summed E-state index contributed by atoms with van der Waals surface area (Å²) in [7, 11) is 0. The van der Waals surface area contributed by atoms with Gasteiger partial charge >= 0.3 is 0 Å². The van der Waals surface area contributed by atoms with Crippen molar-refractivity contribution in [3.8, 4) is 44.9 Å². The summed E-state index contributed by atoms with van der Waals surface area (Å²) in [4.78, 5) is 2.47. The van der Waals surface area contributed by atoms with Crippen LogP contribution in [0.1, 0.15) is 126 Å². The monoisotopic (exact) mass is 1120 g/mol. The van der Waals surface area contributed by atoms with E-state index in [0.717, 1.165) is 41.4 Å². The van der Waals surface area contributed by atoms with E-state index in [9.17, 15) is 0 Å². The molecule has 12 aromatic carbocycles. The van der Waals surface area contributed by atoms with E-state index in [0.29, 0.717) is 11.8 Å². The molecule has 87 heavy (non-hydrogen) atoms. The van der Waals surface area contributed by atoms with Crippen LogP contribution in [0.5, 0.6) is 11.5 Å². The third-order valence-electron chi connectivity index (χ3n) is 19.0. The molecule has 0 saturated heterocycles. The van der Waals surface area contributed by atoms with Gasteiger partial charge in [-0.2, -0.15) is 0 Å². The summed E-state index contributed by atoms with van der Waals surface area (Å²) >= 11 is 0. The first-order valence-electron chi connectivity index (χ1n) is 31.1. The first-order valence-corrected chi connectivity index (χ1v) is 31.1. The van der Waals surface area contributed by atoms with Gasteiger partial charge in [0.1, 0.15) is 11.5 Å². The van der Waals surface area contributed by atoms with Gasteiger partial charge in [-0.05, 0) is 192 Å². The second-order valence-corrected chi connectivity index (χ2v) is 25.2. The maximum absolute atomic E-state index is 6.75. The maximum atomic E-state index is 6.75. The van der Waals surface area contributed by atoms with Gasteiger partial charge in [-0.3, -0.25) is 0 Å². The van der Waals surface area contributed by atoms with Crippen LogP contribution in [0.4, 0.5) is 17.1 Å². The zero-order valence-corrected chi connectivity index (χ0v) is 50.7. The molecule has 0 saturated carbocycles. The van der Waals surface area contributed by atoms with Gasteiger partial charge in [-0.15, -0.1) is 0 Å². The Morgan fingerprint density at radius 2 is 0.828 bits per heavy atom. The SMILES string of the molecule is CCC(CC(C)c1ccc(Oc2ccc(C3(c4ccc(C(C)(C)C)cc4)c4ccccc4-c4ccc(N(c5ccccc5)c5ccc6c(c5)C(c5ccccc5)(c5ccccc5)c5ccccc5-6)cc43)cc2)cc1)c1ccc(-c2cccc(C)c2)cc1. The fourth-order valence-corrected chi connectivity index (χ4v) is 14.7. The molecule has 3 unspecified atom stereocenters. The molecule has 14 rings (SSSR count). The Bertz CT molecular complexity index is 4370. The third-order valence-corrected chi connectivity index (χ3v) is 19.0. The smallest absolute Gasteiger partial charge is 0.127 e. The van der Waals surface area contributed by atoms with Crippen LogP contribution >= 0.6 is 0 Å². The van der Waals surface area contributed by atoms with Gasteiger partial charge in [-0.25, -0.2) is 0 Å². The molecular formula is C85H73NO. The molecule has 0 amide bonds. The van der Waals surface area contributed by atoms with Gasteiger partial charge in [0.15, 0.2) is 0 Å². The number of para-hydroxylation sites is 1. The van der Waals surface area contributed by atoms with E-state index in [2.05, 4.69) is 344 Å². The Kier molecular flexibility index (Phi) is 14.3. The average Bonchev–Trinajstić information content (AvgIpc) is 1.59. The van der Waals surface area contributed by atoms with Crippen LogP contribution in [-0.2, 0) is 16.2 Å². The molecule has 424 valence electrons. The molecule has 0 heterocycles. The summed E-state index contributed by atoms with van der Waals surface area (Å²) in [6.45, 7) is 13.7. The topological polar surface area (TPSA) is 12.5 Å². The summed E-state index contributed by atoms with van der Waals surface area (Å²) in [5.74, 6) is 2.48. The van der Waals surface area contributed by atoms with Crippen LogP contribution in [0.3, 0.4) is 0 Å². The number of ether oxygens (including phenoxy) is 1. The molecule has 0 aromatic heterocycles. The largest absolute Gasteiger partial charge is 0.457 e. The lowest BCUT2D eigenvalue weighted by Crippen LogP contribution is -2.29. The van der Waals surface area contributed by atoms with Crippen LogP contribution in [-0.4, -0.2) is 0 Å². The summed E-state index contributed by atoms with van der Waals surface area (Å²) in [5, 5.41) is 0. The summed E-state index contributed by atoms with van der Waals surface area (Å²) < 4.78 is 6.75. The first kappa shape index (κ1) is 55.1. The zero-order chi connectivity index (χ0) is 59.3. The standard InChI is InChI=1S/C85H73NO/c1-7-60(62-34-36-63(37-35-62)64-23-21-22-58(2)54-64)55-59(3)61-38-48-73(49-39-61)87-74-50-44-69(45-51-74)85(68-42-40-65(41-43-68)83(4,5)6)80-33-20-18-31-76(80)78-53-47-72(57-82(78)85)86(70-28-15-10-16-29-70)71-46-52-77-75-30-17-19-32-79(75)84(81(77)56-71,66-24-11-8-12-25-66)67-26-13-9-14-27-67/h8-54,56-57,59-60H,7,55H2,1-6H3. The molecule has 3 atom stereocenters. The van der Waals surface area contributed by atoms with E-state index >= 15 is 0 Å². The number of benzene rings is 12. The molecule has 2 aliphatic rings. The minimum Gasteiger partial charge on any atom is -0.457 e. The van der Waals surface area contributed by atoms with E-state index in [1.807, 2.05) is 0 Å². The third kappa shape index (κ3) is 9.69. The number of aryl methyl sites for hydroxylation is 1. The lowest BCUT2D eigenvalue weighted by atomic mass is 9.67. The van der Waals surface area contributed by atoms with Gasteiger partial charge in [0, 0.05) is 17.1 Å². The quantitative estimate of drug-likeness (QED) is 0.101. The zero-order valence-electron chi connectivity index (χ0n) is 50.7. The Labute approximate surface area is 515 Å². The molecule has 2 aliphatic carbocycles. The highest BCUT2D eigenvalue weighted by Crippen LogP contribution is 2.60.